The van der Waals surface area contributed by atoms with Crippen LogP contribution < -0.4 is 0 Å². The van der Waals surface area contributed by atoms with Crippen LogP contribution in [-0.4, -0.2) is 10.2 Å². The van der Waals surface area contributed by atoms with Crippen molar-refractivity contribution < 1.29 is 10.2 Å². The van der Waals surface area contributed by atoms with Crippen molar-refractivity contribution in [3.05, 3.63) is 59.7 Å². The van der Waals surface area contributed by atoms with Crippen molar-refractivity contribution in [3.8, 4) is 36.2 Å². The van der Waals surface area contributed by atoms with Gasteiger partial charge in [-0.05, 0) is 35.4 Å². The summed E-state index contributed by atoms with van der Waals surface area (Å²) in [5.41, 5.74) is 1.75. The molecular formula is C18H14O2. The summed E-state index contributed by atoms with van der Waals surface area (Å²) in [6, 6.07) is 13.4. The molecule has 0 aliphatic heterocycles. The molecule has 0 saturated carbocycles. The second-order valence-electron chi connectivity index (χ2n) is 4.47. The molecule has 2 unspecified atom stereocenters. The van der Waals surface area contributed by atoms with E-state index in [2.05, 4.69) is 11.8 Å². The fourth-order valence-corrected chi connectivity index (χ4v) is 2.13. The lowest BCUT2D eigenvalue weighted by Gasteiger charge is -2.19. The number of terminal acetylenes is 2. The molecule has 2 atom stereocenters. The van der Waals surface area contributed by atoms with Crippen LogP contribution in [0.2, 0.25) is 0 Å². The molecule has 98 valence electrons. The minimum Gasteiger partial charge on any atom is -0.508 e. The van der Waals surface area contributed by atoms with E-state index in [9.17, 15) is 10.2 Å². The van der Waals surface area contributed by atoms with Crippen LogP contribution in [0.5, 0.6) is 11.5 Å². The molecule has 0 fully saturated rings. The van der Waals surface area contributed by atoms with Gasteiger partial charge in [-0.15, -0.1) is 12.8 Å². The zero-order valence-electron chi connectivity index (χ0n) is 10.8. The van der Waals surface area contributed by atoms with Crippen molar-refractivity contribution in [2.75, 3.05) is 0 Å². The summed E-state index contributed by atoms with van der Waals surface area (Å²) >= 11 is 0. The average Bonchev–Trinajstić information content (AvgIpc) is 2.47. The van der Waals surface area contributed by atoms with Crippen molar-refractivity contribution in [1.82, 2.24) is 0 Å². The Morgan fingerprint density at radius 1 is 0.650 bits per heavy atom. The monoisotopic (exact) mass is 262 g/mol. The molecule has 0 radical (unpaired) electrons. The summed E-state index contributed by atoms with van der Waals surface area (Å²) in [5, 5.41) is 18.7. The highest BCUT2D eigenvalue weighted by Gasteiger charge is 2.21. The zero-order valence-corrected chi connectivity index (χ0v) is 10.8. The van der Waals surface area contributed by atoms with Crippen LogP contribution in [0.4, 0.5) is 0 Å². The quantitative estimate of drug-likeness (QED) is 0.834. The van der Waals surface area contributed by atoms with Crippen LogP contribution in [0.15, 0.2) is 48.5 Å². The molecule has 2 aromatic carbocycles. The number of hydrogen-bond donors (Lipinski definition) is 2. The molecule has 0 saturated heterocycles. The highest BCUT2D eigenvalue weighted by Crippen LogP contribution is 2.33. The molecule has 20 heavy (non-hydrogen) atoms. The molecule has 2 heteroatoms. The fraction of sp³-hybridized carbons (Fsp3) is 0.111. The van der Waals surface area contributed by atoms with Gasteiger partial charge in [-0.25, -0.2) is 0 Å². The number of phenols is 2. The molecule has 2 rings (SSSR count). The van der Waals surface area contributed by atoms with Crippen molar-refractivity contribution in [1.29, 1.82) is 0 Å². The Morgan fingerprint density at radius 2 is 0.950 bits per heavy atom. The molecule has 0 heterocycles. The number of benzene rings is 2. The van der Waals surface area contributed by atoms with Gasteiger partial charge in [0.25, 0.3) is 0 Å². The summed E-state index contributed by atoms with van der Waals surface area (Å²) in [4.78, 5) is 0. The smallest absolute Gasteiger partial charge is 0.115 e. The van der Waals surface area contributed by atoms with Crippen LogP contribution in [0.1, 0.15) is 23.0 Å². The van der Waals surface area contributed by atoms with Gasteiger partial charge in [-0.3, -0.25) is 0 Å². The first-order valence-electron chi connectivity index (χ1n) is 6.16. The molecule has 0 spiro atoms. The third-order valence-corrected chi connectivity index (χ3v) is 3.20. The van der Waals surface area contributed by atoms with E-state index >= 15 is 0 Å². The third-order valence-electron chi connectivity index (χ3n) is 3.20. The van der Waals surface area contributed by atoms with E-state index in [0.717, 1.165) is 11.1 Å². The Hall–Kier alpha value is -2.84. The maximum atomic E-state index is 9.33. The molecule has 0 aliphatic rings. The maximum absolute atomic E-state index is 9.33. The molecule has 2 N–H and O–H groups in total. The second kappa shape index (κ2) is 5.87. The number of aromatic hydroxyl groups is 2. The molecule has 0 amide bonds. The molecular weight excluding hydrogens is 248 g/mol. The normalized spacial score (nSPS) is 12.9. The van der Waals surface area contributed by atoms with Crippen LogP contribution >= 0.6 is 0 Å². The minimum absolute atomic E-state index is 0.186. The Bertz CT molecular complexity index is 593. The topological polar surface area (TPSA) is 40.5 Å². The van der Waals surface area contributed by atoms with E-state index in [1.807, 2.05) is 0 Å². The maximum Gasteiger partial charge on any atom is 0.115 e. The first-order chi connectivity index (χ1) is 9.65. The lowest BCUT2D eigenvalue weighted by Crippen LogP contribution is -2.08. The van der Waals surface area contributed by atoms with Crippen LogP contribution in [0.25, 0.3) is 0 Å². The van der Waals surface area contributed by atoms with Crippen molar-refractivity contribution in [3.63, 3.8) is 0 Å². The fourth-order valence-electron chi connectivity index (χ4n) is 2.13. The van der Waals surface area contributed by atoms with E-state index in [1.165, 1.54) is 0 Å². The first-order valence-corrected chi connectivity index (χ1v) is 6.16. The minimum atomic E-state index is -0.287. The number of hydrogen-bond acceptors (Lipinski definition) is 2. The van der Waals surface area contributed by atoms with Crippen molar-refractivity contribution in [2.45, 2.75) is 11.8 Å². The molecule has 2 aromatic rings. The lowest BCUT2D eigenvalue weighted by atomic mass is 9.82. The van der Waals surface area contributed by atoms with Gasteiger partial charge in [0.15, 0.2) is 0 Å². The summed E-state index contributed by atoms with van der Waals surface area (Å²) in [7, 11) is 0. The van der Waals surface area contributed by atoms with Gasteiger partial charge in [0, 0.05) is 0 Å². The predicted molar refractivity (Wildman–Crippen MR) is 79.4 cm³/mol. The SMILES string of the molecule is C#CC(c1ccc(O)cc1)C(C#C)c1ccc(O)cc1. The van der Waals surface area contributed by atoms with Gasteiger partial charge in [0.05, 0.1) is 11.8 Å². The number of rotatable bonds is 3. The second-order valence-corrected chi connectivity index (χ2v) is 4.47. The largest absolute Gasteiger partial charge is 0.508 e. The van der Waals surface area contributed by atoms with E-state index in [-0.39, 0.29) is 23.3 Å². The van der Waals surface area contributed by atoms with Gasteiger partial charge >= 0.3 is 0 Å². The standard InChI is InChI=1S/C18H14O2/c1-3-17(13-5-9-15(19)10-6-13)18(4-2)14-7-11-16(20)12-8-14/h1-2,5-12,17-20H. The Kier molecular flexibility index (Phi) is 3.99. The van der Waals surface area contributed by atoms with Gasteiger partial charge < -0.3 is 10.2 Å². The lowest BCUT2D eigenvalue weighted by molar-refractivity contribution is 0.474. The molecule has 2 nitrogen and oxygen atoms in total. The van der Waals surface area contributed by atoms with Crippen molar-refractivity contribution in [2.24, 2.45) is 0 Å². The molecule has 0 aliphatic carbocycles. The van der Waals surface area contributed by atoms with Crippen LogP contribution in [0, 0.1) is 24.7 Å². The summed E-state index contributed by atoms with van der Waals surface area (Å²) < 4.78 is 0. The van der Waals surface area contributed by atoms with Crippen LogP contribution in [0.3, 0.4) is 0 Å². The third kappa shape index (κ3) is 2.76. The number of phenolic OH excluding ortho intramolecular Hbond substituents is 2. The zero-order chi connectivity index (χ0) is 14.5. The van der Waals surface area contributed by atoms with Crippen molar-refractivity contribution >= 4 is 0 Å². The average molecular weight is 262 g/mol. The summed E-state index contributed by atoms with van der Waals surface area (Å²) in [5.74, 6) is 5.23. The van der Waals surface area contributed by atoms with Gasteiger partial charge in [-0.1, -0.05) is 36.1 Å². The Balaban J connectivity index is 2.38. The van der Waals surface area contributed by atoms with E-state index in [1.54, 1.807) is 48.5 Å². The van der Waals surface area contributed by atoms with E-state index in [0.29, 0.717) is 0 Å². The summed E-state index contributed by atoms with van der Waals surface area (Å²) in [6.45, 7) is 0. The first kappa shape index (κ1) is 13.6. The Morgan fingerprint density at radius 3 is 1.20 bits per heavy atom. The highest BCUT2D eigenvalue weighted by molar-refractivity contribution is 5.42. The van der Waals surface area contributed by atoms with Gasteiger partial charge in [0.1, 0.15) is 11.5 Å². The van der Waals surface area contributed by atoms with Gasteiger partial charge in [0.2, 0.25) is 0 Å². The van der Waals surface area contributed by atoms with E-state index < -0.39 is 0 Å². The molecule has 0 bridgehead atoms. The Labute approximate surface area is 118 Å². The van der Waals surface area contributed by atoms with Crippen LogP contribution in [-0.2, 0) is 0 Å². The van der Waals surface area contributed by atoms with Gasteiger partial charge in [-0.2, -0.15) is 0 Å². The predicted octanol–water partition coefficient (Wildman–Crippen LogP) is 3.23. The molecule has 0 aromatic heterocycles. The highest BCUT2D eigenvalue weighted by atomic mass is 16.3. The van der Waals surface area contributed by atoms with E-state index in [4.69, 9.17) is 12.8 Å². The summed E-state index contributed by atoms with van der Waals surface area (Å²) in [6.07, 6.45) is 11.3.